The summed E-state index contributed by atoms with van der Waals surface area (Å²) in [4.78, 5) is 39.2. The highest BCUT2D eigenvalue weighted by Crippen LogP contribution is 2.37. The van der Waals surface area contributed by atoms with Gasteiger partial charge in [0.2, 0.25) is 17.7 Å². The Hall–Kier alpha value is -3.21. The fourth-order valence-corrected chi connectivity index (χ4v) is 5.11. The molecule has 0 aliphatic heterocycles. The molecule has 1 fully saturated rings. The third kappa shape index (κ3) is 7.88. The average Bonchev–Trinajstić information content (AvgIpc) is 3.33. The zero-order chi connectivity index (χ0) is 27.2. The SMILES string of the molecule is Cc1ccc(NC(=O)C[S@](=O)CC(=O)N(c2ccccc2C(F)(F)F)[C@@H](C)C(=O)NC2CCCC2)cc1. The fourth-order valence-electron chi connectivity index (χ4n) is 4.23. The molecular formula is C26H30F3N3O4S. The summed E-state index contributed by atoms with van der Waals surface area (Å²) in [6, 6.07) is 9.94. The van der Waals surface area contributed by atoms with Gasteiger partial charge < -0.3 is 10.6 Å². The van der Waals surface area contributed by atoms with Crippen molar-refractivity contribution in [3.05, 3.63) is 59.7 Å². The van der Waals surface area contributed by atoms with E-state index in [-0.39, 0.29) is 6.04 Å². The minimum absolute atomic E-state index is 0.107. The number of rotatable bonds is 9. The number of nitrogens with zero attached hydrogens (tertiary/aromatic N) is 1. The van der Waals surface area contributed by atoms with Crippen molar-refractivity contribution in [2.75, 3.05) is 21.7 Å². The van der Waals surface area contributed by atoms with E-state index in [1.165, 1.54) is 19.1 Å². The number of hydrogen-bond donors (Lipinski definition) is 2. The monoisotopic (exact) mass is 537 g/mol. The van der Waals surface area contributed by atoms with Crippen LogP contribution in [0.2, 0.25) is 0 Å². The zero-order valence-electron chi connectivity index (χ0n) is 20.6. The highest BCUT2D eigenvalue weighted by molar-refractivity contribution is 7.86. The molecule has 7 nitrogen and oxygen atoms in total. The Morgan fingerprint density at radius 2 is 1.65 bits per heavy atom. The van der Waals surface area contributed by atoms with E-state index in [1.807, 2.05) is 6.92 Å². The van der Waals surface area contributed by atoms with Gasteiger partial charge in [0.25, 0.3) is 0 Å². The Labute approximate surface area is 216 Å². The van der Waals surface area contributed by atoms with Crippen LogP contribution in [0.4, 0.5) is 24.5 Å². The van der Waals surface area contributed by atoms with Gasteiger partial charge in [0, 0.05) is 22.5 Å². The Bertz CT molecular complexity index is 1150. The van der Waals surface area contributed by atoms with Crippen molar-refractivity contribution in [3.8, 4) is 0 Å². The molecule has 0 radical (unpaired) electrons. The lowest BCUT2D eigenvalue weighted by Gasteiger charge is -2.31. The summed E-state index contributed by atoms with van der Waals surface area (Å²) in [7, 11) is -2.03. The van der Waals surface area contributed by atoms with Gasteiger partial charge in [0.05, 0.1) is 11.3 Å². The van der Waals surface area contributed by atoms with Crippen molar-refractivity contribution >= 4 is 39.9 Å². The zero-order valence-corrected chi connectivity index (χ0v) is 21.5. The van der Waals surface area contributed by atoms with Crippen molar-refractivity contribution in [2.45, 2.75) is 57.8 Å². The molecule has 0 spiro atoms. The van der Waals surface area contributed by atoms with Crippen LogP contribution >= 0.6 is 0 Å². The first-order valence-electron chi connectivity index (χ1n) is 12.0. The number of alkyl halides is 3. The summed E-state index contributed by atoms with van der Waals surface area (Å²) >= 11 is 0. The Kier molecular flexibility index (Phi) is 9.47. The summed E-state index contributed by atoms with van der Waals surface area (Å²) in [5.74, 6) is -3.41. The number of para-hydroxylation sites is 1. The van der Waals surface area contributed by atoms with Gasteiger partial charge in [-0.3, -0.25) is 23.5 Å². The largest absolute Gasteiger partial charge is 0.418 e. The van der Waals surface area contributed by atoms with Crippen LogP contribution in [0.3, 0.4) is 0 Å². The molecule has 3 rings (SSSR count). The summed E-state index contributed by atoms with van der Waals surface area (Å²) in [6.07, 6.45) is -1.41. The van der Waals surface area contributed by atoms with Crippen LogP contribution in [0.25, 0.3) is 0 Å². The predicted molar refractivity (Wildman–Crippen MR) is 136 cm³/mol. The van der Waals surface area contributed by atoms with Gasteiger partial charge >= 0.3 is 6.18 Å². The topological polar surface area (TPSA) is 95.6 Å². The van der Waals surface area contributed by atoms with Gasteiger partial charge in [-0.25, -0.2) is 0 Å². The standard InChI is InChI=1S/C26H30F3N3O4S/c1-17-11-13-20(14-12-17)30-23(33)15-37(36)16-24(34)32(18(2)25(35)31-19-7-3-4-8-19)22-10-6-5-9-21(22)26(27,28)29/h5-6,9-14,18-19H,3-4,7-8,15-16H2,1-2H3,(H,30,33)(H,31,35)/t18-,37-/m0/s1. The third-order valence-electron chi connectivity index (χ3n) is 6.12. The van der Waals surface area contributed by atoms with Crippen molar-refractivity contribution in [3.63, 3.8) is 0 Å². The van der Waals surface area contributed by atoms with Crippen LogP contribution < -0.4 is 15.5 Å². The van der Waals surface area contributed by atoms with Crippen LogP contribution in [0, 0.1) is 6.92 Å². The second kappa shape index (κ2) is 12.4. The molecule has 3 amide bonds. The highest BCUT2D eigenvalue weighted by atomic mass is 32.2. The molecule has 2 aromatic carbocycles. The van der Waals surface area contributed by atoms with Crippen molar-refractivity contribution < 1.29 is 31.8 Å². The lowest BCUT2D eigenvalue weighted by atomic mass is 10.1. The molecule has 2 atom stereocenters. The second-order valence-corrected chi connectivity index (χ2v) is 10.5. The molecule has 1 aliphatic carbocycles. The lowest BCUT2D eigenvalue weighted by molar-refractivity contribution is -0.137. The van der Waals surface area contributed by atoms with Gasteiger partial charge in [-0.05, 0) is 51.0 Å². The molecule has 0 unspecified atom stereocenters. The van der Waals surface area contributed by atoms with Crippen molar-refractivity contribution in [1.82, 2.24) is 5.32 Å². The molecule has 1 saturated carbocycles. The molecule has 0 heterocycles. The van der Waals surface area contributed by atoms with E-state index >= 15 is 0 Å². The maximum absolute atomic E-state index is 13.8. The van der Waals surface area contributed by atoms with Crippen LogP contribution in [0.15, 0.2) is 48.5 Å². The van der Waals surface area contributed by atoms with Gasteiger partial charge in [-0.15, -0.1) is 0 Å². The van der Waals surface area contributed by atoms with E-state index in [9.17, 15) is 31.8 Å². The molecule has 200 valence electrons. The number of hydrogen-bond acceptors (Lipinski definition) is 4. The predicted octanol–water partition coefficient (Wildman–Crippen LogP) is 4.18. The Balaban J connectivity index is 1.78. The molecule has 2 N–H and O–H groups in total. The molecule has 11 heteroatoms. The van der Waals surface area contributed by atoms with Gasteiger partial charge in [0.15, 0.2) is 0 Å². The maximum atomic E-state index is 13.8. The lowest BCUT2D eigenvalue weighted by Crippen LogP contribution is -2.52. The minimum Gasteiger partial charge on any atom is -0.352 e. The number of halogens is 3. The van der Waals surface area contributed by atoms with E-state index in [0.717, 1.165) is 48.3 Å². The molecule has 0 aromatic heterocycles. The van der Waals surface area contributed by atoms with Crippen molar-refractivity contribution in [2.24, 2.45) is 0 Å². The molecule has 37 heavy (non-hydrogen) atoms. The number of anilines is 2. The molecule has 1 aliphatic rings. The van der Waals surface area contributed by atoms with E-state index < -0.39 is 63.5 Å². The fraction of sp³-hybridized carbons (Fsp3) is 0.423. The van der Waals surface area contributed by atoms with E-state index in [4.69, 9.17) is 0 Å². The maximum Gasteiger partial charge on any atom is 0.418 e. The van der Waals surface area contributed by atoms with Crippen LogP contribution in [-0.4, -0.2) is 45.5 Å². The summed E-state index contributed by atoms with van der Waals surface area (Å²) in [5.41, 5.74) is -0.128. The van der Waals surface area contributed by atoms with Gasteiger partial charge in [0.1, 0.15) is 17.5 Å². The third-order valence-corrected chi connectivity index (χ3v) is 7.27. The first kappa shape index (κ1) is 28.4. The summed E-state index contributed by atoms with van der Waals surface area (Å²) < 4.78 is 54.0. The number of benzene rings is 2. The van der Waals surface area contributed by atoms with Crippen LogP contribution in [-0.2, 0) is 31.4 Å². The quantitative estimate of drug-likeness (QED) is 0.502. The summed E-state index contributed by atoms with van der Waals surface area (Å²) in [6.45, 7) is 3.21. The van der Waals surface area contributed by atoms with Gasteiger partial charge in [-0.1, -0.05) is 42.7 Å². The van der Waals surface area contributed by atoms with E-state index in [2.05, 4.69) is 10.6 Å². The first-order chi connectivity index (χ1) is 17.5. The number of amides is 3. The minimum atomic E-state index is -4.79. The van der Waals surface area contributed by atoms with Crippen LogP contribution in [0.1, 0.15) is 43.7 Å². The number of carbonyl (C=O) groups is 3. The van der Waals surface area contributed by atoms with Gasteiger partial charge in [-0.2, -0.15) is 13.2 Å². The average molecular weight is 538 g/mol. The first-order valence-corrected chi connectivity index (χ1v) is 13.4. The van der Waals surface area contributed by atoms with Crippen molar-refractivity contribution in [1.29, 1.82) is 0 Å². The second-order valence-electron chi connectivity index (χ2n) is 9.09. The Morgan fingerprint density at radius 1 is 1.03 bits per heavy atom. The molecular weight excluding hydrogens is 507 g/mol. The van der Waals surface area contributed by atoms with E-state index in [1.54, 1.807) is 24.3 Å². The highest BCUT2D eigenvalue weighted by Gasteiger charge is 2.39. The summed E-state index contributed by atoms with van der Waals surface area (Å²) in [5, 5.41) is 5.38. The number of nitrogens with one attached hydrogen (secondary N) is 2. The number of aryl methyl sites for hydroxylation is 1. The smallest absolute Gasteiger partial charge is 0.352 e. The molecule has 0 saturated heterocycles. The molecule has 0 bridgehead atoms. The normalized spacial score (nSPS) is 15.6. The molecule has 2 aromatic rings. The van der Waals surface area contributed by atoms with Crippen LogP contribution in [0.5, 0.6) is 0 Å². The Morgan fingerprint density at radius 3 is 2.27 bits per heavy atom. The van der Waals surface area contributed by atoms with E-state index in [0.29, 0.717) is 5.69 Å². The number of carbonyl (C=O) groups excluding carboxylic acids is 3.